The fourth-order valence-electron chi connectivity index (χ4n) is 3.43. The highest BCUT2D eigenvalue weighted by atomic mass is 32.1. The first-order chi connectivity index (χ1) is 14.0. The number of rotatable bonds is 7. The van der Waals surface area contributed by atoms with Gasteiger partial charge in [0.1, 0.15) is 5.69 Å². The number of hydrogen-bond acceptors (Lipinski definition) is 5. The second-order valence-electron chi connectivity index (χ2n) is 6.59. The molecule has 0 aliphatic rings. The molecule has 1 amide bonds. The van der Waals surface area contributed by atoms with E-state index in [-0.39, 0.29) is 17.2 Å². The molecule has 7 nitrogen and oxygen atoms in total. The molecule has 0 saturated heterocycles. The SMILES string of the molecule is NC(=O)c1ccc(NCC(c2cccs2)c2c[nH]c3ccccc23)c([N+](=O)[O-])c1. The monoisotopic (exact) mass is 406 g/mol. The summed E-state index contributed by atoms with van der Waals surface area (Å²) in [6.07, 6.45) is 1.99. The first-order valence-electron chi connectivity index (χ1n) is 8.96. The molecule has 2 aromatic heterocycles. The Labute approximate surface area is 170 Å². The van der Waals surface area contributed by atoms with Crippen molar-refractivity contribution in [2.45, 2.75) is 5.92 Å². The lowest BCUT2D eigenvalue weighted by atomic mass is 9.96. The fourth-order valence-corrected chi connectivity index (χ4v) is 4.28. The van der Waals surface area contributed by atoms with E-state index in [4.69, 9.17) is 5.73 Å². The number of para-hydroxylation sites is 1. The molecule has 2 aromatic carbocycles. The van der Waals surface area contributed by atoms with Crippen LogP contribution < -0.4 is 11.1 Å². The molecule has 0 radical (unpaired) electrons. The van der Waals surface area contributed by atoms with Crippen LogP contribution in [0.1, 0.15) is 26.7 Å². The summed E-state index contributed by atoms with van der Waals surface area (Å²) in [7, 11) is 0. The lowest BCUT2D eigenvalue weighted by molar-refractivity contribution is -0.384. The molecule has 0 aliphatic carbocycles. The number of benzene rings is 2. The Morgan fingerprint density at radius 3 is 2.76 bits per heavy atom. The van der Waals surface area contributed by atoms with Crippen LogP contribution in [0.3, 0.4) is 0 Å². The number of fused-ring (bicyclic) bond motifs is 1. The Hall–Kier alpha value is -3.65. The number of H-pyrrole nitrogens is 1. The van der Waals surface area contributed by atoms with Gasteiger partial charge in [-0.3, -0.25) is 14.9 Å². The van der Waals surface area contributed by atoms with Crippen LogP contribution in [0, 0.1) is 10.1 Å². The molecular weight excluding hydrogens is 388 g/mol. The Morgan fingerprint density at radius 2 is 2.03 bits per heavy atom. The highest BCUT2D eigenvalue weighted by Crippen LogP contribution is 2.34. The molecule has 1 unspecified atom stereocenters. The molecule has 0 aliphatic heterocycles. The van der Waals surface area contributed by atoms with Crippen molar-refractivity contribution in [3.05, 3.63) is 92.3 Å². The van der Waals surface area contributed by atoms with Crippen molar-refractivity contribution in [3.63, 3.8) is 0 Å². The Morgan fingerprint density at radius 1 is 1.21 bits per heavy atom. The number of thiophene rings is 1. The first kappa shape index (κ1) is 18.7. The molecule has 4 aromatic rings. The number of nitrogens with one attached hydrogen (secondary N) is 2. The van der Waals surface area contributed by atoms with Gasteiger partial charge in [0.2, 0.25) is 5.91 Å². The minimum absolute atomic E-state index is 0.00145. The molecule has 0 bridgehead atoms. The average molecular weight is 406 g/mol. The van der Waals surface area contributed by atoms with Crippen LogP contribution >= 0.6 is 11.3 Å². The van der Waals surface area contributed by atoms with Gasteiger partial charge in [-0.05, 0) is 35.2 Å². The van der Waals surface area contributed by atoms with Gasteiger partial charge in [-0.2, -0.15) is 0 Å². The lowest BCUT2D eigenvalue weighted by Crippen LogP contribution is -2.15. The Balaban J connectivity index is 1.68. The van der Waals surface area contributed by atoms with Crippen molar-refractivity contribution in [2.24, 2.45) is 5.73 Å². The summed E-state index contributed by atoms with van der Waals surface area (Å²) in [5, 5.41) is 17.8. The lowest BCUT2D eigenvalue weighted by Gasteiger charge is -2.17. The number of nitrogens with two attached hydrogens (primary N) is 1. The Bertz CT molecular complexity index is 1180. The van der Waals surface area contributed by atoms with E-state index in [0.717, 1.165) is 21.3 Å². The van der Waals surface area contributed by atoms with E-state index < -0.39 is 10.8 Å². The first-order valence-corrected chi connectivity index (χ1v) is 9.84. The van der Waals surface area contributed by atoms with E-state index >= 15 is 0 Å². The average Bonchev–Trinajstić information content (AvgIpc) is 3.39. The zero-order chi connectivity index (χ0) is 20.4. The molecule has 0 saturated carbocycles. The summed E-state index contributed by atoms with van der Waals surface area (Å²) in [5.74, 6) is -0.698. The minimum atomic E-state index is -0.699. The van der Waals surface area contributed by atoms with Gasteiger partial charge in [0.15, 0.2) is 0 Å². The third-order valence-electron chi connectivity index (χ3n) is 4.86. The number of primary amides is 1. The predicted molar refractivity (Wildman–Crippen MR) is 115 cm³/mol. The van der Waals surface area contributed by atoms with E-state index in [0.29, 0.717) is 12.2 Å². The summed E-state index contributed by atoms with van der Waals surface area (Å²) < 4.78 is 0. The Kier molecular flexibility index (Phi) is 5.01. The second-order valence-corrected chi connectivity index (χ2v) is 7.57. The van der Waals surface area contributed by atoms with Crippen LogP contribution in [0.2, 0.25) is 0 Å². The number of amides is 1. The summed E-state index contributed by atoms with van der Waals surface area (Å²) in [4.78, 5) is 26.8. The second kappa shape index (κ2) is 7.76. The van der Waals surface area contributed by atoms with Gasteiger partial charge in [-0.1, -0.05) is 24.3 Å². The van der Waals surface area contributed by atoms with Crippen molar-refractivity contribution in [3.8, 4) is 0 Å². The van der Waals surface area contributed by atoms with Gasteiger partial charge in [0, 0.05) is 46.1 Å². The maximum Gasteiger partial charge on any atom is 0.293 e. The molecule has 4 rings (SSSR count). The third-order valence-corrected chi connectivity index (χ3v) is 5.84. The number of carbonyl (C=O) groups excluding carboxylic acids is 1. The number of nitrogens with zero attached hydrogens (tertiary/aromatic N) is 1. The quantitative estimate of drug-likeness (QED) is 0.310. The van der Waals surface area contributed by atoms with Crippen LogP contribution in [0.4, 0.5) is 11.4 Å². The molecule has 4 N–H and O–H groups in total. The van der Waals surface area contributed by atoms with Crippen molar-refractivity contribution in [2.75, 3.05) is 11.9 Å². The molecule has 1 atom stereocenters. The number of hydrogen-bond donors (Lipinski definition) is 3. The van der Waals surface area contributed by atoms with E-state index in [1.165, 1.54) is 18.2 Å². The van der Waals surface area contributed by atoms with Crippen molar-refractivity contribution in [1.29, 1.82) is 0 Å². The molecule has 0 fully saturated rings. The molecule has 8 heteroatoms. The standard InChI is InChI=1S/C21H18N4O3S/c22-21(26)13-7-8-18(19(10-13)25(27)28)24-12-16(20-6-3-9-29-20)15-11-23-17-5-2-1-4-14(15)17/h1-11,16,23-24H,12H2,(H2,22,26). The molecule has 146 valence electrons. The number of carbonyl (C=O) groups is 1. The van der Waals surface area contributed by atoms with Gasteiger partial charge in [-0.15, -0.1) is 11.3 Å². The largest absolute Gasteiger partial charge is 0.379 e. The summed E-state index contributed by atoms with van der Waals surface area (Å²) in [6, 6.07) is 16.3. The van der Waals surface area contributed by atoms with E-state index in [1.54, 1.807) is 11.3 Å². The number of aromatic amines is 1. The summed E-state index contributed by atoms with van der Waals surface area (Å²) in [6.45, 7) is 0.457. The number of nitro benzene ring substituents is 1. The number of aromatic nitrogens is 1. The normalized spacial score (nSPS) is 12.0. The minimum Gasteiger partial charge on any atom is -0.379 e. The van der Waals surface area contributed by atoms with Crippen LogP contribution in [0.25, 0.3) is 10.9 Å². The molecule has 2 heterocycles. The van der Waals surface area contributed by atoms with Crippen LogP contribution in [0.5, 0.6) is 0 Å². The predicted octanol–water partition coefficient (Wildman–Crippen LogP) is 4.48. The number of anilines is 1. The van der Waals surface area contributed by atoms with Crippen molar-refractivity contribution in [1.82, 2.24) is 4.98 Å². The van der Waals surface area contributed by atoms with E-state index in [2.05, 4.69) is 22.4 Å². The van der Waals surface area contributed by atoms with Gasteiger partial charge in [0.25, 0.3) is 5.69 Å². The van der Waals surface area contributed by atoms with Gasteiger partial charge >= 0.3 is 0 Å². The van der Waals surface area contributed by atoms with Gasteiger partial charge in [0.05, 0.1) is 4.92 Å². The summed E-state index contributed by atoms with van der Waals surface area (Å²) >= 11 is 1.64. The van der Waals surface area contributed by atoms with Crippen LogP contribution in [0.15, 0.2) is 66.2 Å². The van der Waals surface area contributed by atoms with Gasteiger partial charge < -0.3 is 16.0 Å². The van der Waals surface area contributed by atoms with Gasteiger partial charge in [-0.25, -0.2) is 0 Å². The molecular formula is C21H18N4O3S. The highest BCUT2D eigenvalue weighted by Gasteiger charge is 2.22. The molecule has 29 heavy (non-hydrogen) atoms. The maximum absolute atomic E-state index is 11.5. The fraction of sp³-hybridized carbons (Fsp3) is 0.0952. The van der Waals surface area contributed by atoms with E-state index in [1.807, 2.05) is 35.8 Å². The molecule has 0 spiro atoms. The maximum atomic E-state index is 11.5. The topological polar surface area (TPSA) is 114 Å². The van der Waals surface area contributed by atoms with E-state index in [9.17, 15) is 14.9 Å². The zero-order valence-electron chi connectivity index (χ0n) is 15.3. The zero-order valence-corrected chi connectivity index (χ0v) is 16.1. The van der Waals surface area contributed by atoms with Crippen LogP contribution in [-0.2, 0) is 0 Å². The van der Waals surface area contributed by atoms with Crippen molar-refractivity contribution >= 4 is 39.5 Å². The van der Waals surface area contributed by atoms with Crippen LogP contribution in [-0.4, -0.2) is 22.4 Å². The van der Waals surface area contributed by atoms with Crippen molar-refractivity contribution < 1.29 is 9.72 Å². The highest BCUT2D eigenvalue weighted by molar-refractivity contribution is 7.10. The smallest absolute Gasteiger partial charge is 0.293 e. The number of nitro groups is 1. The summed E-state index contributed by atoms with van der Waals surface area (Å²) in [5.41, 5.74) is 7.69. The third kappa shape index (κ3) is 3.70.